The lowest BCUT2D eigenvalue weighted by Gasteiger charge is -2.41. The molecule has 0 unspecified atom stereocenters. The minimum absolute atomic E-state index is 0.221. The predicted molar refractivity (Wildman–Crippen MR) is 89.6 cm³/mol. The fourth-order valence-corrected chi connectivity index (χ4v) is 2.64. The number of likely N-dealkylation sites (tertiary alicyclic amines) is 1. The molecular weight excluding hydrogens is 312 g/mol. The van der Waals surface area contributed by atoms with E-state index in [0.717, 1.165) is 0 Å². The zero-order valence-corrected chi connectivity index (χ0v) is 15.6. The van der Waals surface area contributed by atoms with Crippen LogP contribution in [0.3, 0.4) is 0 Å². The number of hydrogen-bond acceptors (Lipinski definition) is 4. The van der Waals surface area contributed by atoms with Crippen LogP contribution >= 0.6 is 0 Å². The highest BCUT2D eigenvalue weighted by Crippen LogP contribution is 2.24. The summed E-state index contributed by atoms with van der Waals surface area (Å²) in [6.45, 7) is 11.2. The number of ether oxygens (including phenoxy) is 1. The maximum absolute atomic E-state index is 12.6. The van der Waals surface area contributed by atoms with Crippen LogP contribution in [0.2, 0.25) is 0 Å². The number of hydrogen-bond donors (Lipinski definition) is 1. The van der Waals surface area contributed by atoms with Gasteiger partial charge in [-0.05, 0) is 33.6 Å². The minimum Gasteiger partial charge on any atom is -0.480 e. The molecule has 1 aliphatic heterocycles. The lowest BCUT2D eigenvalue weighted by molar-refractivity contribution is -0.151. The molecule has 1 saturated heterocycles. The van der Waals surface area contributed by atoms with Crippen LogP contribution < -0.4 is 0 Å². The molecule has 24 heavy (non-hydrogen) atoms. The maximum atomic E-state index is 12.6. The van der Waals surface area contributed by atoms with E-state index in [1.165, 1.54) is 4.90 Å². The van der Waals surface area contributed by atoms with Crippen molar-refractivity contribution in [1.29, 1.82) is 0 Å². The summed E-state index contributed by atoms with van der Waals surface area (Å²) in [6.07, 6.45) is 0.956. The van der Waals surface area contributed by atoms with Gasteiger partial charge in [-0.25, -0.2) is 4.79 Å². The zero-order valence-electron chi connectivity index (χ0n) is 15.6. The van der Waals surface area contributed by atoms with Gasteiger partial charge in [0, 0.05) is 18.5 Å². The van der Waals surface area contributed by atoms with Crippen LogP contribution in [0.15, 0.2) is 0 Å². The molecule has 138 valence electrons. The van der Waals surface area contributed by atoms with Gasteiger partial charge in [-0.2, -0.15) is 0 Å². The number of nitrogens with zero attached hydrogens (tertiary/aromatic N) is 2. The Morgan fingerprint density at radius 3 is 2.21 bits per heavy atom. The van der Waals surface area contributed by atoms with E-state index in [1.807, 2.05) is 0 Å². The molecule has 0 aliphatic carbocycles. The summed E-state index contributed by atoms with van der Waals surface area (Å²) >= 11 is 0. The normalized spacial score (nSPS) is 18.9. The van der Waals surface area contributed by atoms with Gasteiger partial charge < -0.3 is 19.6 Å². The number of carboxylic acids is 1. The molecule has 1 heterocycles. The number of carbonyl (C=O) groups is 3. The van der Waals surface area contributed by atoms with Gasteiger partial charge in [-0.1, -0.05) is 20.8 Å². The van der Waals surface area contributed by atoms with E-state index in [1.54, 1.807) is 46.4 Å². The quantitative estimate of drug-likeness (QED) is 0.850. The van der Waals surface area contributed by atoms with Gasteiger partial charge in [0.1, 0.15) is 12.1 Å². The van der Waals surface area contributed by atoms with Gasteiger partial charge in [0.25, 0.3) is 0 Å². The van der Waals surface area contributed by atoms with E-state index in [0.29, 0.717) is 25.9 Å². The first kappa shape index (κ1) is 20.3. The number of carboxylic acid groups (broad SMARTS) is 1. The van der Waals surface area contributed by atoms with Crippen LogP contribution in [0.25, 0.3) is 0 Å². The lowest BCUT2D eigenvalue weighted by atomic mass is 9.92. The standard InChI is InChI=1S/C17H30N2O5/c1-16(2,3)14(22)19(11-13(20)21)12-8-7-9-18(10-12)15(23)24-17(4,5)6/h12H,7-11H2,1-6H3,(H,20,21)/t12-/m0/s1. The molecule has 7 heteroatoms. The Morgan fingerprint density at radius 1 is 1.17 bits per heavy atom. The van der Waals surface area contributed by atoms with Crippen molar-refractivity contribution < 1.29 is 24.2 Å². The Labute approximate surface area is 143 Å². The van der Waals surface area contributed by atoms with Crippen LogP contribution in [0.4, 0.5) is 4.79 Å². The van der Waals surface area contributed by atoms with Crippen molar-refractivity contribution in [2.24, 2.45) is 5.41 Å². The smallest absolute Gasteiger partial charge is 0.410 e. The second-order valence-electron chi connectivity index (χ2n) is 8.30. The van der Waals surface area contributed by atoms with Gasteiger partial charge in [-0.15, -0.1) is 0 Å². The van der Waals surface area contributed by atoms with Crippen LogP contribution in [0, 0.1) is 5.41 Å². The van der Waals surface area contributed by atoms with E-state index in [9.17, 15) is 14.4 Å². The van der Waals surface area contributed by atoms with Crippen LogP contribution in [0.1, 0.15) is 54.4 Å². The second-order valence-corrected chi connectivity index (χ2v) is 8.30. The van der Waals surface area contributed by atoms with Crippen molar-refractivity contribution in [2.45, 2.75) is 66.0 Å². The average molecular weight is 342 g/mol. The molecule has 1 atom stereocenters. The molecule has 1 aliphatic rings. The van der Waals surface area contributed by atoms with Gasteiger partial charge in [-0.3, -0.25) is 9.59 Å². The van der Waals surface area contributed by atoms with Crippen molar-refractivity contribution >= 4 is 18.0 Å². The highest BCUT2D eigenvalue weighted by molar-refractivity contribution is 5.85. The third-order valence-corrected chi connectivity index (χ3v) is 3.70. The summed E-state index contributed by atoms with van der Waals surface area (Å²) in [6, 6.07) is -0.311. The van der Waals surface area contributed by atoms with Crippen LogP contribution in [-0.4, -0.2) is 64.2 Å². The highest BCUT2D eigenvalue weighted by Gasteiger charge is 2.37. The Balaban J connectivity index is 2.89. The number of carbonyl (C=O) groups excluding carboxylic acids is 2. The monoisotopic (exact) mass is 342 g/mol. The molecule has 7 nitrogen and oxygen atoms in total. The van der Waals surface area contributed by atoms with Crippen molar-refractivity contribution in [1.82, 2.24) is 9.80 Å². The Kier molecular flexibility index (Phi) is 6.25. The van der Waals surface area contributed by atoms with Crippen LogP contribution in [0.5, 0.6) is 0 Å². The molecule has 1 fully saturated rings. The molecular formula is C17H30N2O5. The second kappa shape index (κ2) is 7.40. The molecule has 0 radical (unpaired) electrons. The Bertz CT molecular complexity index is 490. The predicted octanol–water partition coefficient (Wildman–Crippen LogP) is 2.35. The Hall–Kier alpha value is -1.79. The van der Waals surface area contributed by atoms with Gasteiger partial charge >= 0.3 is 12.1 Å². The molecule has 1 rings (SSSR count). The van der Waals surface area contributed by atoms with Crippen molar-refractivity contribution in [3.63, 3.8) is 0 Å². The van der Waals surface area contributed by atoms with Gasteiger partial charge in [0.2, 0.25) is 5.91 Å². The maximum Gasteiger partial charge on any atom is 0.410 e. The highest BCUT2D eigenvalue weighted by atomic mass is 16.6. The lowest BCUT2D eigenvalue weighted by Crippen LogP contribution is -2.55. The molecule has 1 N–H and O–H groups in total. The molecule has 0 bridgehead atoms. The van der Waals surface area contributed by atoms with Gasteiger partial charge in [0.15, 0.2) is 0 Å². The van der Waals surface area contributed by atoms with E-state index in [4.69, 9.17) is 9.84 Å². The van der Waals surface area contributed by atoms with Crippen molar-refractivity contribution in [2.75, 3.05) is 19.6 Å². The largest absolute Gasteiger partial charge is 0.480 e. The van der Waals surface area contributed by atoms with E-state index < -0.39 is 23.1 Å². The van der Waals surface area contributed by atoms with E-state index in [2.05, 4.69) is 0 Å². The number of piperidine rings is 1. The van der Waals surface area contributed by atoms with Gasteiger partial charge in [0.05, 0.1) is 6.04 Å². The third-order valence-electron chi connectivity index (χ3n) is 3.70. The summed E-state index contributed by atoms with van der Waals surface area (Å²) < 4.78 is 5.38. The molecule has 0 aromatic heterocycles. The fraction of sp³-hybridized carbons (Fsp3) is 0.824. The van der Waals surface area contributed by atoms with Crippen molar-refractivity contribution in [3.8, 4) is 0 Å². The first-order valence-corrected chi connectivity index (χ1v) is 8.32. The van der Waals surface area contributed by atoms with E-state index in [-0.39, 0.29) is 18.5 Å². The molecule has 0 aromatic carbocycles. The topological polar surface area (TPSA) is 87.2 Å². The fourth-order valence-electron chi connectivity index (χ4n) is 2.64. The average Bonchev–Trinajstić information content (AvgIpc) is 2.41. The Morgan fingerprint density at radius 2 is 1.75 bits per heavy atom. The first-order valence-electron chi connectivity index (χ1n) is 8.32. The first-order chi connectivity index (χ1) is 10.8. The minimum atomic E-state index is -1.05. The summed E-state index contributed by atoms with van der Waals surface area (Å²) in [5.74, 6) is -1.28. The summed E-state index contributed by atoms with van der Waals surface area (Å²) in [7, 11) is 0. The molecule has 2 amide bonds. The van der Waals surface area contributed by atoms with E-state index >= 15 is 0 Å². The number of rotatable bonds is 3. The van der Waals surface area contributed by atoms with Crippen molar-refractivity contribution in [3.05, 3.63) is 0 Å². The summed E-state index contributed by atoms with van der Waals surface area (Å²) in [5, 5.41) is 9.16. The third kappa shape index (κ3) is 6.02. The summed E-state index contributed by atoms with van der Waals surface area (Å²) in [5.41, 5.74) is -1.27. The number of aliphatic carboxylic acids is 1. The SMILES string of the molecule is CC(C)(C)OC(=O)N1CCC[C@H](N(CC(=O)O)C(=O)C(C)(C)C)C1. The molecule has 0 spiro atoms. The molecule has 0 aromatic rings. The zero-order chi connectivity index (χ0) is 18.7. The number of amides is 2. The molecule has 0 saturated carbocycles. The van der Waals surface area contributed by atoms with Crippen LogP contribution in [-0.2, 0) is 14.3 Å². The summed E-state index contributed by atoms with van der Waals surface area (Å²) in [4.78, 5) is 39.0.